The molecule has 12 heteroatoms. The maximum absolute atomic E-state index is 12.0. The van der Waals surface area contributed by atoms with E-state index in [1.165, 1.54) is 0 Å². The first kappa shape index (κ1) is 29.3. The molecule has 0 saturated carbocycles. The molecule has 0 unspecified atom stereocenters. The van der Waals surface area contributed by atoms with E-state index in [9.17, 15) is 24.0 Å². The molecule has 0 rings (SSSR count). The summed E-state index contributed by atoms with van der Waals surface area (Å²) in [5.74, 6) is -2.70. The van der Waals surface area contributed by atoms with Gasteiger partial charge in [0.1, 0.15) is 0 Å². The topological polar surface area (TPSA) is 175 Å². The molecule has 6 N–H and O–H groups in total. The molecule has 0 aliphatic heterocycles. The number of carbonyl (C=O) groups is 5. The van der Waals surface area contributed by atoms with Gasteiger partial charge in [-0.1, -0.05) is 27.7 Å². The van der Waals surface area contributed by atoms with Crippen LogP contribution >= 0.6 is 0 Å². The van der Waals surface area contributed by atoms with Crippen molar-refractivity contribution in [3.63, 3.8) is 0 Å². The molecule has 0 aliphatic rings. The van der Waals surface area contributed by atoms with Gasteiger partial charge in [0.25, 0.3) is 0 Å². The number of hydrogen-bond donors (Lipinski definition) is 6. The van der Waals surface area contributed by atoms with Crippen LogP contribution in [0.3, 0.4) is 0 Å². The van der Waals surface area contributed by atoms with Crippen LogP contribution in [0, 0.1) is 10.8 Å². The van der Waals surface area contributed by atoms with E-state index in [4.69, 9.17) is 9.84 Å². The summed E-state index contributed by atoms with van der Waals surface area (Å²) < 4.78 is 5.64. The maximum atomic E-state index is 12.0. The zero-order chi connectivity index (χ0) is 24.8. The SMILES string of the molecule is CNCC(=O)NCC(=O)NCC(=O)NCC(=O)NCC(C)(C)COCC(C)(C)CC(=O)O. The van der Waals surface area contributed by atoms with Gasteiger partial charge < -0.3 is 36.4 Å². The number of nitrogens with one attached hydrogen (secondary N) is 5. The Kier molecular flexibility index (Phi) is 13.1. The van der Waals surface area contributed by atoms with Gasteiger partial charge in [-0.3, -0.25) is 24.0 Å². The lowest BCUT2D eigenvalue weighted by atomic mass is 9.90. The lowest BCUT2D eigenvalue weighted by molar-refractivity contribution is -0.140. The maximum Gasteiger partial charge on any atom is 0.303 e. The number of carbonyl (C=O) groups excluding carboxylic acids is 4. The molecule has 0 bridgehead atoms. The summed E-state index contributed by atoms with van der Waals surface area (Å²) >= 11 is 0. The molecule has 0 heterocycles. The van der Waals surface area contributed by atoms with E-state index in [1.807, 2.05) is 13.8 Å². The highest BCUT2D eigenvalue weighted by molar-refractivity contribution is 5.90. The Morgan fingerprint density at radius 2 is 1.09 bits per heavy atom. The second-order valence-electron chi connectivity index (χ2n) is 9.03. The summed E-state index contributed by atoms with van der Waals surface area (Å²) in [4.78, 5) is 57.3. The highest BCUT2D eigenvalue weighted by Crippen LogP contribution is 2.22. The van der Waals surface area contributed by atoms with Gasteiger partial charge in [0.2, 0.25) is 23.6 Å². The number of amides is 4. The summed E-state index contributed by atoms with van der Waals surface area (Å²) in [6.45, 7) is 7.54. The second-order valence-corrected chi connectivity index (χ2v) is 9.03. The number of rotatable bonds is 16. The fraction of sp³-hybridized carbons (Fsp3) is 0.750. The third-order valence-corrected chi connectivity index (χ3v) is 4.06. The third kappa shape index (κ3) is 16.0. The summed E-state index contributed by atoms with van der Waals surface area (Å²) in [6.07, 6.45) is -0.00467. The minimum atomic E-state index is -0.886. The van der Waals surface area contributed by atoms with Crippen molar-refractivity contribution in [1.82, 2.24) is 26.6 Å². The van der Waals surface area contributed by atoms with Gasteiger partial charge in [-0.15, -0.1) is 0 Å². The van der Waals surface area contributed by atoms with Crippen molar-refractivity contribution in [2.75, 3.05) is 53.0 Å². The van der Waals surface area contributed by atoms with Crippen LogP contribution in [0.2, 0.25) is 0 Å². The highest BCUT2D eigenvalue weighted by Gasteiger charge is 2.25. The smallest absolute Gasteiger partial charge is 0.303 e. The van der Waals surface area contributed by atoms with Crippen molar-refractivity contribution >= 4 is 29.6 Å². The van der Waals surface area contributed by atoms with Crippen molar-refractivity contribution in [2.24, 2.45) is 10.8 Å². The molecule has 0 radical (unpaired) electrons. The second kappa shape index (κ2) is 14.4. The molecule has 4 amide bonds. The molecule has 12 nitrogen and oxygen atoms in total. The predicted octanol–water partition coefficient (Wildman–Crippen LogP) is -1.79. The zero-order valence-electron chi connectivity index (χ0n) is 19.6. The molecule has 32 heavy (non-hydrogen) atoms. The number of carboxylic acids is 1. The number of aliphatic carboxylic acids is 1. The van der Waals surface area contributed by atoms with E-state index in [0.29, 0.717) is 13.2 Å². The van der Waals surface area contributed by atoms with Crippen LogP contribution in [-0.2, 0) is 28.7 Å². The van der Waals surface area contributed by atoms with Gasteiger partial charge in [-0.05, 0) is 12.5 Å². The monoisotopic (exact) mass is 459 g/mol. The first-order valence-corrected chi connectivity index (χ1v) is 10.3. The van der Waals surface area contributed by atoms with E-state index < -0.39 is 34.5 Å². The van der Waals surface area contributed by atoms with Crippen LogP contribution in [0.5, 0.6) is 0 Å². The largest absolute Gasteiger partial charge is 0.481 e. The first-order valence-electron chi connectivity index (χ1n) is 10.3. The van der Waals surface area contributed by atoms with E-state index in [-0.39, 0.29) is 45.1 Å². The van der Waals surface area contributed by atoms with Crippen LogP contribution in [0.15, 0.2) is 0 Å². The lowest BCUT2D eigenvalue weighted by Gasteiger charge is -2.28. The van der Waals surface area contributed by atoms with Crippen molar-refractivity contribution in [3.05, 3.63) is 0 Å². The standard InChI is InChI=1S/C20H37N5O7/c1-19(2,6-18(30)31)12-32-13-20(3,4)11-25-17(29)10-24-16(28)9-23-15(27)8-22-14(26)7-21-5/h21H,6-13H2,1-5H3,(H,22,26)(H,23,27)(H,24,28)(H,25,29)(H,30,31). The van der Waals surface area contributed by atoms with Gasteiger partial charge in [-0.2, -0.15) is 0 Å². The number of carboxylic acid groups (broad SMARTS) is 1. The Morgan fingerprint density at radius 3 is 1.53 bits per heavy atom. The lowest BCUT2D eigenvalue weighted by Crippen LogP contribution is -2.46. The molecular weight excluding hydrogens is 422 g/mol. The van der Waals surface area contributed by atoms with Crippen molar-refractivity contribution in [3.8, 4) is 0 Å². The predicted molar refractivity (Wildman–Crippen MR) is 117 cm³/mol. The quantitative estimate of drug-likeness (QED) is 0.157. The van der Waals surface area contributed by atoms with Crippen LogP contribution in [0.25, 0.3) is 0 Å². The van der Waals surface area contributed by atoms with Crippen molar-refractivity contribution < 1.29 is 33.8 Å². The minimum Gasteiger partial charge on any atom is -0.481 e. The number of likely N-dealkylation sites (N-methyl/N-ethyl adjacent to an activating group) is 1. The molecular formula is C20H37N5O7. The van der Waals surface area contributed by atoms with Crippen LogP contribution < -0.4 is 26.6 Å². The summed E-state index contributed by atoms with van der Waals surface area (Å²) in [7, 11) is 1.60. The van der Waals surface area contributed by atoms with Gasteiger partial charge in [-0.25, -0.2) is 0 Å². The Balaban J connectivity index is 4.07. The highest BCUT2D eigenvalue weighted by atomic mass is 16.5. The fourth-order valence-electron chi connectivity index (χ4n) is 2.40. The van der Waals surface area contributed by atoms with E-state index in [1.54, 1.807) is 20.9 Å². The van der Waals surface area contributed by atoms with E-state index >= 15 is 0 Å². The van der Waals surface area contributed by atoms with Crippen LogP contribution in [-0.4, -0.2) is 87.7 Å². The Hall–Kier alpha value is -2.73. The van der Waals surface area contributed by atoms with Gasteiger partial charge in [0, 0.05) is 12.0 Å². The Morgan fingerprint density at radius 1 is 0.688 bits per heavy atom. The first-order chi connectivity index (χ1) is 14.8. The number of hydrogen-bond acceptors (Lipinski definition) is 7. The molecule has 0 aromatic rings. The molecule has 0 atom stereocenters. The van der Waals surface area contributed by atoms with Gasteiger partial charge in [0.15, 0.2) is 0 Å². The molecule has 0 aliphatic carbocycles. The molecule has 0 saturated heterocycles. The van der Waals surface area contributed by atoms with Gasteiger partial charge >= 0.3 is 5.97 Å². The van der Waals surface area contributed by atoms with Gasteiger partial charge in [0.05, 0.1) is 45.8 Å². The minimum absolute atomic E-state index is 0.00467. The van der Waals surface area contributed by atoms with Crippen molar-refractivity contribution in [1.29, 1.82) is 0 Å². The molecule has 0 aromatic carbocycles. The zero-order valence-corrected chi connectivity index (χ0v) is 19.6. The normalized spacial score (nSPS) is 11.4. The average Bonchev–Trinajstić information content (AvgIpc) is 2.66. The van der Waals surface area contributed by atoms with Crippen molar-refractivity contribution in [2.45, 2.75) is 34.1 Å². The fourth-order valence-corrected chi connectivity index (χ4v) is 2.40. The average molecular weight is 460 g/mol. The van der Waals surface area contributed by atoms with Crippen LogP contribution in [0.4, 0.5) is 0 Å². The Bertz CT molecular complexity index is 665. The molecule has 0 aromatic heterocycles. The third-order valence-electron chi connectivity index (χ3n) is 4.06. The molecule has 0 spiro atoms. The molecule has 0 fully saturated rings. The molecule has 184 valence electrons. The number of ether oxygens (including phenoxy) is 1. The summed E-state index contributed by atoms with van der Waals surface area (Å²) in [5, 5.41) is 21.3. The van der Waals surface area contributed by atoms with Crippen LogP contribution in [0.1, 0.15) is 34.1 Å². The summed E-state index contributed by atoms with van der Waals surface area (Å²) in [5.41, 5.74) is -0.895. The van der Waals surface area contributed by atoms with E-state index in [0.717, 1.165) is 0 Å². The Labute approximate surface area is 188 Å². The summed E-state index contributed by atoms with van der Waals surface area (Å²) in [6, 6.07) is 0. The van der Waals surface area contributed by atoms with E-state index in [2.05, 4.69) is 26.6 Å².